The second-order valence-corrected chi connectivity index (χ2v) is 10.1. The molecule has 10 heteroatoms. The Bertz CT molecular complexity index is 1600. The molecular weight excluding hydrogens is 472 g/mol. The Kier molecular flexibility index (Phi) is 3.56. The quantitative estimate of drug-likeness (QED) is 0.386. The minimum absolute atomic E-state index is 0.000130. The molecule has 7 rings (SSSR count). The molecule has 4 atom stereocenters. The van der Waals surface area contributed by atoms with Crippen molar-refractivity contribution in [1.82, 2.24) is 0 Å². The van der Waals surface area contributed by atoms with Crippen molar-refractivity contribution in [3.8, 4) is 11.5 Å². The summed E-state index contributed by atoms with van der Waals surface area (Å²) in [7, 11) is 0. The van der Waals surface area contributed by atoms with Gasteiger partial charge in [-0.3, -0.25) is 9.59 Å². The predicted molar refractivity (Wildman–Crippen MR) is 118 cm³/mol. The number of phenolic OH excluding ortho intramolecular Hbond substituents is 2. The number of rotatable bonds is 0. The van der Waals surface area contributed by atoms with Crippen molar-refractivity contribution in [2.24, 2.45) is 5.92 Å². The van der Waals surface area contributed by atoms with Gasteiger partial charge in [0.25, 0.3) is 0 Å². The van der Waals surface area contributed by atoms with Crippen molar-refractivity contribution >= 4 is 29.1 Å². The highest BCUT2D eigenvalue weighted by molar-refractivity contribution is 6.25. The highest BCUT2D eigenvalue weighted by Crippen LogP contribution is 2.65. The van der Waals surface area contributed by atoms with Crippen LogP contribution in [0.2, 0.25) is 0 Å². The molecule has 4 N–H and O–H groups in total. The third-order valence-corrected chi connectivity index (χ3v) is 8.37. The van der Waals surface area contributed by atoms with Crippen molar-refractivity contribution in [2.75, 3.05) is 13.2 Å². The zero-order valence-corrected chi connectivity index (χ0v) is 19.0. The number of aryl methyl sites for hydroxylation is 2. The van der Waals surface area contributed by atoms with Crippen molar-refractivity contribution in [2.45, 2.75) is 31.0 Å². The molecule has 3 aliphatic carbocycles. The van der Waals surface area contributed by atoms with Gasteiger partial charge < -0.3 is 29.9 Å². The minimum atomic E-state index is -2.41. The molecular formula is C26H18O10. The topological polar surface area (TPSA) is 168 Å². The summed E-state index contributed by atoms with van der Waals surface area (Å²) in [5.74, 6) is -5.57. The molecule has 0 amide bonds. The van der Waals surface area contributed by atoms with Crippen LogP contribution in [-0.4, -0.2) is 63.2 Å². The number of carbonyl (C=O) groups is 4. The van der Waals surface area contributed by atoms with E-state index in [4.69, 9.17) is 9.47 Å². The number of hydrogen-bond acceptors (Lipinski definition) is 10. The van der Waals surface area contributed by atoms with Gasteiger partial charge in [-0.15, -0.1) is 0 Å². The van der Waals surface area contributed by atoms with E-state index in [1.165, 1.54) is 12.1 Å². The van der Waals surface area contributed by atoms with Gasteiger partial charge in [-0.1, -0.05) is 0 Å². The van der Waals surface area contributed by atoms with Gasteiger partial charge in [0.05, 0.1) is 17.4 Å². The minimum Gasteiger partial charge on any atom is -0.507 e. The molecule has 1 spiro atoms. The number of phenols is 2. The van der Waals surface area contributed by atoms with Crippen molar-refractivity contribution in [3.63, 3.8) is 0 Å². The van der Waals surface area contributed by atoms with Crippen LogP contribution in [0.25, 0.3) is 5.57 Å². The molecule has 2 unspecified atom stereocenters. The van der Waals surface area contributed by atoms with Crippen LogP contribution in [0.3, 0.4) is 0 Å². The highest BCUT2D eigenvalue weighted by Gasteiger charge is 2.70. The molecule has 0 aromatic heterocycles. The molecule has 0 saturated heterocycles. The normalized spacial score (nSPS) is 31.0. The number of carbonyl (C=O) groups excluding carboxylic acids is 4. The van der Waals surface area contributed by atoms with Crippen molar-refractivity contribution in [3.05, 3.63) is 62.2 Å². The zero-order valence-electron chi connectivity index (χ0n) is 19.0. The number of ether oxygens (including phenoxy) is 2. The smallest absolute Gasteiger partial charge is 0.342 e. The van der Waals surface area contributed by atoms with Crippen molar-refractivity contribution < 1.29 is 49.1 Å². The lowest BCUT2D eigenvalue weighted by Crippen LogP contribution is -2.57. The first-order chi connectivity index (χ1) is 17.0. The number of aliphatic hydroxyl groups is 2. The molecule has 0 saturated carbocycles. The van der Waals surface area contributed by atoms with Gasteiger partial charge in [0, 0.05) is 16.7 Å². The van der Waals surface area contributed by atoms with Crippen LogP contribution in [0.5, 0.6) is 11.5 Å². The fourth-order valence-corrected chi connectivity index (χ4v) is 7.01. The molecule has 2 aromatic rings. The van der Waals surface area contributed by atoms with Gasteiger partial charge in [0.2, 0.25) is 0 Å². The number of hydrogen-bond donors (Lipinski definition) is 4. The summed E-state index contributed by atoms with van der Waals surface area (Å²) in [4.78, 5) is 53.5. The molecule has 2 aromatic carbocycles. The van der Waals surface area contributed by atoms with E-state index in [0.29, 0.717) is 11.1 Å². The van der Waals surface area contributed by atoms with E-state index in [2.05, 4.69) is 0 Å². The van der Waals surface area contributed by atoms with Gasteiger partial charge >= 0.3 is 11.9 Å². The Balaban J connectivity index is 1.70. The van der Waals surface area contributed by atoms with Crippen LogP contribution in [-0.2, 0) is 25.3 Å². The van der Waals surface area contributed by atoms with Gasteiger partial charge in [0.1, 0.15) is 35.8 Å². The van der Waals surface area contributed by atoms with Gasteiger partial charge in [-0.25, -0.2) is 9.59 Å². The predicted octanol–water partition coefficient (Wildman–Crippen LogP) is 0.704. The standard InChI is InChI=1S/C26H18O10/c1-7-3-10(28)14-18-11(7)15-16-20(29)12-8(2)4-9(27)13-17(12)25(21(16)30,5-35-23(13)32)19(15)22(31)26(18,34)6-36-24(14)33/h3-4,16,21,27-28,30,34H,5-6H2,1-2H3/t16-,21?,25-,26?/m0/s1. The van der Waals surface area contributed by atoms with Crippen LogP contribution in [0.15, 0.2) is 17.7 Å². The summed E-state index contributed by atoms with van der Waals surface area (Å²) in [5, 5.41) is 44.6. The van der Waals surface area contributed by atoms with E-state index in [9.17, 15) is 39.6 Å². The lowest BCUT2D eigenvalue weighted by Gasteiger charge is -2.45. The first-order valence-corrected chi connectivity index (χ1v) is 11.3. The fraction of sp³-hybridized carbons (Fsp3) is 0.308. The van der Waals surface area contributed by atoms with E-state index >= 15 is 0 Å². The number of cyclic esters (lactones) is 2. The van der Waals surface area contributed by atoms with Gasteiger partial charge in [0.15, 0.2) is 17.2 Å². The first kappa shape index (κ1) is 21.3. The molecule has 10 nitrogen and oxygen atoms in total. The number of aromatic hydroxyl groups is 2. The maximum absolute atomic E-state index is 14.2. The molecule has 2 heterocycles. The maximum atomic E-state index is 14.2. The lowest BCUT2D eigenvalue weighted by molar-refractivity contribution is -0.142. The number of fused-ring (bicyclic) bond motifs is 3. The SMILES string of the molecule is Cc1cc(O)c2c3c1C1=C(C(=O)C3(O)COC2=O)[C@]23COC(=O)c4c(O)cc(C)c(c42)C(=O)[C@H]1C3O. The summed E-state index contributed by atoms with van der Waals surface area (Å²) in [6.45, 7) is 1.92. The number of esters is 2. The molecule has 2 aliphatic heterocycles. The van der Waals surface area contributed by atoms with E-state index < -0.39 is 71.3 Å². The Morgan fingerprint density at radius 2 is 1.39 bits per heavy atom. The second-order valence-electron chi connectivity index (χ2n) is 10.1. The Morgan fingerprint density at radius 3 is 2.03 bits per heavy atom. The number of Topliss-reactive ketones (excluding diaryl/α,β-unsaturated/α-hetero) is 2. The summed E-state index contributed by atoms with van der Waals surface area (Å²) >= 11 is 0. The monoisotopic (exact) mass is 490 g/mol. The average Bonchev–Trinajstić information content (AvgIpc) is 2.99. The fourth-order valence-electron chi connectivity index (χ4n) is 7.01. The molecule has 2 bridgehead atoms. The Hall–Kier alpha value is -4.02. The molecule has 0 radical (unpaired) electrons. The third-order valence-electron chi connectivity index (χ3n) is 8.37. The molecule has 0 fully saturated rings. The maximum Gasteiger partial charge on any atom is 0.342 e. The van der Waals surface area contributed by atoms with Crippen molar-refractivity contribution in [1.29, 1.82) is 0 Å². The second kappa shape index (κ2) is 6.03. The molecule has 36 heavy (non-hydrogen) atoms. The van der Waals surface area contributed by atoms with E-state index in [1.54, 1.807) is 13.8 Å². The Morgan fingerprint density at radius 1 is 0.833 bits per heavy atom. The van der Waals surface area contributed by atoms with E-state index in [0.717, 1.165) is 0 Å². The lowest BCUT2D eigenvalue weighted by atomic mass is 9.61. The number of ketones is 2. The average molecular weight is 490 g/mol. The summed E-state index contributed by atoms with van der Waals surface area (Å²) < 4.78 is 10.5. The largest absolute Gasteiger partial charge is 0.507 e. The summed E-state index contributed by atoms with van der Waals surface area (Å²) in [6.07, 6.45) is -1.57. The Labute approximate surface area is 202 Å². The number of aliphatic hydroxyl groups excluding tert-OH is 1. The summed E-state index contributed by atoms with van der Waals surface area (Å²) in [5.41, 5.74) is -4.03. The van der Waals surface area contributed by atoms with E-state index in [-0.39, 0.29) is 44.5 Å². The van der Waals surface area contributed by atoms with Crippen LogP contribution in [0.4, 0.5) is 0 Å². The first-order valence-electron chi connectivity index (χ1n) is 11.3. The highest BCUT2D eigenvalue weighted by atomic mass is 16.5. The molecule has 182 valence electrons. The third kappa shape index (κ3) is 1.94. The van der Waals surface area contributed by atoms with Crippen LogP contribution in [0.1, 0.15) is 58.9 Å². The van der Waals surface area contributed by atoms with E-state index in [1.807, 2.05) is 0 Å². The zero-order chi connectivity index (χ0) is 25.6. The summed E-state index contributed by atoms with van der Waals surface area (Å²) in [6, 6.07) is 2.53. The number of benzene rings is 2. The van der Waals surface area contributed by atoms with Crippen LogP contribution in [0, 0.1) is 19.8 Å². The van der Waals surface area contributed by atoms with Gasteiger partial charge in [-0.05, 0) is 53.8 Å². The molecule has 5 aliphatic rings. The van der Waals surface area contributed by atoms with Gasteiger partial charge in [-0.2, -0.15) is 0 Å². The van der Waals surface area contributed by atoms with Crippen LogP contribution < -0.4 is 0 Å². The van der Waals surface area contributed by atoms with Crippen LogP contribution >= 0.6 is 0 Å².